The van der Waals surface area contributed by atoms with Crippen molar-refractivity contribution in [2.75, 3.05) is 19.0 Å². The zero-order chi connectivity index (χ0) is 19.7. The maximum Gasteiger partial charge on any atom is 0.266 e. The minimum Gasteiger partial charge on any atom is -0.383 e. The maximum atomic E-state index is 14.0. The third-order valence-electron chi connectivity index (χ3n) is 3.91. The Kier molecular flexibility index (Phi) is 5.68. The predicted molar refractivity (Wildman–Crippen MR) is 103 cm³/mol. The summed E-state index contributed by atoms with van der Waals surface area (Å²) in [6.45, 7) is 2.32. The number of nitrogens with one attached hydrogen (secondary N) is 1. The van der Waals surface area contributed by atoms with Gasteiger partial charge in [0.05, 0.1) is 35.4 Å². The fraction of sp³-hybridized carbons (Fsp3) is 0.235. The first-order valence-electron chi connectivity index (χ1n) is 7.76. The smallest absolute Gasteiger partial charge is 0.266 e. The lowest BCUT2D eigenvalue weighted by molar-refractivity contribution is 0.102. The highest BCUT2D eigenvalue weighted by atomic mass is 79.9. The highest BCUT2D eigenvalue weighted by molar-refractivity contribution is 9.10. The van der Waals surface area contributed by atoms with E-state index in [2.05, 4.69) is 26.2 Å². The van der Waals surface area contributed by atoms with Gasteiger partial charge in [-0.3, -0.25) is 14.2 Å². The van der Waals surface area contributed by atoms with Crippen molar-refractivity contribution in [3.63, 3.8) is 0 Å². The number of aromatic nitrogens is 2. The molecule has 10 heteroatoms. The Labute approximate surface area is 164 Å². The Morgan fingerprint density at radius 3 is 2.81 bits per heavy atom. The molecule has 0 bridgehead atoms. The van der Waals surface area contributed by atoms with Crippen molar-refractivity contribution in [2.24, 2.45) is 0 Å². The van der Waals surface area contributed by atoms with Crippen LogP contribution in [0, 0.1) is 18.6 Å². The van der Waals surface area contributed by atoms with Crippen LogP contribution in [0.4, 0.5) is 14.5 Å². The fourth-order valence-corrected chi connectivity index (χ4v) is 4.10. The number of rotatable bonds is 5. The van der Waals surface area contributed by atoms with Gasteiger partial charge in [-0.15, -0.1) is 11.3 Å². The molecule has 0 aliphatic carbocycles. The van der Waals surface area contributed by atoms with Crippen LogP contribution in [0.15, 0.2) is 27.7 Å². The van der Waals surface area contributed by atoms with Gasteiger partial charge in [-0.05, 0) is 34.5 Å². The molecule has 0 aliphatic heterocycles. The summed E-state index contributed by atoms with van der Waals surface area (Å²) >= 11 is 4.06. The first-order valence-corrected chi connectivity index (χ1v) is 9.37. The second-order valence-corrected chi connectivity index (χ2v) is 7.52. The van der Waals surface area contributed by atoms with E-state index in [9.17, 15) is 18.4 Å². The van der Waals surface area contributed by atoms with E-state index in [1.807, 2.05) is 0 Å². The van der Waals surface area contributed by atoms with Gasteiger partial charge in [0, 0.05) is 17.6 Å². The first-order chi connectivity index (χ1) is 12.8. The number of ether oxygens (including phenoxy) is 1. The van der Waals surface area contributed by atoms with E-state index in [0.717, 1.165) is 17.4 Å². The molecule has 6 nitrogen and oxygen atoms in total. The third kappa shape index (κ3) is 3.78. The summed E-state index contributed by atoms with van der Waals surface area (Å²) < 4.78 is 33.6. The van der Waals surface area contributed by atoms with Gasteiger partial charge >= 0.3 is 0 Å². The van der Waals surface area contributed by atoms with Crippen molar-refractivity contribution in [2.45, 2.75) is 13.5 Å². The Balaban J connectivity index is 2.00. The molecule has 0 radical (unpaired) electrons. The average molecular weight is 458 g/mol. The van der Waals surface area contributed by atoms with Gasteiger partial charge in [-0.25, -0.2) is 13.8 Å². The molecule has 142 valence electrons. The van der Waals surface area contributed by atoms with E-state index in [4.69, 9.17) is 4.74 Å². The van der Waals surface area contributed by atoms with E-state index < -0.39 is 17.5 Å². The normalized spacial score (nSPS) is 11.1. The summed E-state index contributed by atoms with van der Waals surface area (Å²) in [5.74, 6) is -2.28. The first kappa shape index (κ1) is 19.6. The third-order valence-corrected chi connectivity index (χ3v) is 5.73. The maximum absolute atomic E-state index is 14.0. The lowest BCUT2D eigenvalue weighted by Crippen LogP contribution is -2.22. The summed E-state index contributed by atoms with van der Waals surface area (Å²) in [5, 5.41) is 2.75. The van der Waals surface area contributed by atoms with Crippen molar-refractivity contribution in [3.05, 3.63) is 55.4 Å². The van der Waals surface area contributed by atoms with Gasteiger partial charge in [0.1, 0.15) is 10.6 Å². The van der Waals surface area contributed by atoms with Crippen LogP contribution < -0.4 is 10.9 Å². The van der Waals surface area contributed by atoms with Crippen LogP contribution in [0.5, 0.6) is 0 Å². The minimum absolute atomic E-state index is 0.0761. The van der Waals surface area contributed by atoms with Gasteiger partial charge in [0.25, 0.3) is 11.5 Å². The second-order valence-electron chi connectivity index (χ2n) is 5.67. The lowest BCUT2D eigenvalue weighted by Gasteiger charge is -2.08. The molecule has 1 aromatic carbocycles. The molecule has 0 atom stereocenters. The van der Waals surface area contributed by atoms with Gasteiger partial charge in [0.2, 0.25) is 0 Å². The largest absolute Gasteiger partial charge is 0.383 e. The lowest BCUT2D eigenvalue weighted by atomic mass is 10.2. The van der Waals surface area contributed by atoms with E-state index in [1.165, 1.54) is 18.0 Å². The topological polar surface area (TPSA) is 73.2 Å². The number of halogens is 3. The molecule has 0 fully saturated rings. The summed E-state index contributed by atoms with van der Waals surface area (Å²) in [7, 11) is 1.53. The number of benzene rings is 1. The van der Waals surface area contributed by atoms with Crippen LogP contribution in [0.1, 0.15) is 15.2 Å². The molecule has 0 saturated heterocycles. The number of anilines is 1. The Morgan fingerprint density at radius 2 is 2.15 bits per heavy atom. The number of amides is 1. The number of carbonyl (C=O) groups is 1. The second kappa shape index (κ2) is 7.83. The molecular formula is C17H14BrF2N3O3S. The summed E-state index contributed by atoms with van der Waals surface area (Å²) in [5.41, 5.74) is -0.00174. The van der Waals surface area contributed by atoms with Gasteiger partial charge in [0.15, 0.2) is 5.82 Å². The van der Waals surface area contributed by atoms with Crippen molar-refractivity contribution < 1.29 is 18.3 Å². The minimum atomic E-state index is -0.908. The number of thiophene rings is 1. The summed E-state index contributed by atoms with van der Waals surface area (Å²) in [4.78, 5) is 30.1. The van der Waals surface area contributed by atoms with E-state index in [1.54, 1.807) is 6.92 Å². The molecule has 2 aromatic heterocycles. The summed E-state index contributed by atoms with van der Waals surface area (Å²) in [6, 6.07) is 1.72. The SMILES string of the molecule is COCCn1cnc2sc(C(=O)Nc3c(F)cc(F)cc3Br)c(C)c2c1=O. The Bertz CT molecular complexity index is 1070. The molecule has 27 heavy (non-hydrogen) atoms. The number of methoxy groups -OCH3 is 1. The quantitative estimate of drug-likeness (QED) is 0.633. The van der Waals surface area contributed by atoms with Gasteiger partial charge < -0.3 is 10.1 Å². The number of carbonyl (C=O) groups excluding carboxylic acids is 1. The molecule has 0 saturated carbocycles. The van der Waals surface area contributed by atoms with Crippen molar-refractivity contribution in [1.82, 2.24) is 9.55 Å². The van der Waals surface area contributed by atoms with Crippen LogP contribution >= 0.6 is 27.3 Å². The molecule has 1 N–H and O–H groups in total. The van der Waals surface area contributed by atoms with E-state index in [-0.39, 0.29) is 20.6 Å². The fourth-order valence-electron chi connectivity index (χ4n) is 2.56. The zero-order valence-electron chi connectivity index (χ0n) is 14.3. The van der Waals surface area contributed by atoms with Crippen LogP contribution in [-0.2, 0) is 11.3 Å². The average Bonchev–Trinajstić information content (AvgIpc) is 2.95. The van der Waals surface area contributed by atoms with Crippen LogP contribution in [0.3, 0.4) is 0 Å². The molecule has 0 aliphatic rings. The highest BCUT2D eigenvalue weighted by Crippen LogP contribution is 2.31. The molecular weight excluding hydrogens is 444 g/mol. The van der Waals surface area contributed by atoms with Gasteiger partial charge in [-0.1, -0.05) is 0 Å². The number of fused-ring (bicyclic) bond motifs is 1. The standard InChI is InChI=1S/C17H14BrF2N3O3S/c1-8-12-16(21-7-23(17(12)25)3-4-26-2)27-14(8)15(24)22-13-10(18)5-9(19)6-11(13)20/h5-7H,3-4H2,1-2H3,(H,22,24). The van der Waals surface area contributed by atoms with Crippen LogP contribution in [-0.4, -0.2) is 29.2 Å². The van der Waals surface area contributed by atoms with E-state index in [0.29, 0.717) is 35.0 Å². The van der Waals surface area contributed by atoms with Gasteiger partial charge in [-0.2, -0.15) is 0 Å². The molecule has 3 rings (SSSR count). The molecule has 2 heterocycles. The zero-order valence-corrected chi connectivity index (χ0v) is 16.7. The van der Waals surface area contributed by atoms with Crippen LogP contribution in [0.25, 0.3) is 10.2 Å². The Morgan fingerprint density at radius 1 is 1.41 bits per heavy atom. The number of nitrogens with zero attached hydrogens (tertiary/aromatic N) is 2. The van der Waals surface area contributed by atoms with Crippen LogP contribution in [0.2, 0.25) is 0 Å². The number of hydrogen-bond acceptors (Lipinski definition) is 5. The molecule has 0 unspecified atom stereocenters. The van der Waals surface area contributed by atoms with E-state index >= 15 is 0 Å². The summed E-state index contributed by atoms with van der Waals surface area (Å²) in [6.07, 6.45) is 1.40. The molecule has 3 aromatic rings. The Hall–Kier alpha value is -2.17. The van der Waals surface area contributed by atoms with Crippen molar-refractivity contribution >= 4 is 49.1 Å². The van der Waals surface area contributed by atoms with Crippen molar-refractivity contribution in [3.8, 4) is 0 Å². The monoisotopic (exact) mass is 457 g/mol. The number of aryl methyl sites for hydroxylation is 1. The molecule has 1 amide bonds. The van der Waals surface area contributed by atoms with Crippen molar-refractivity contribution in [1.29, 1.82) is 0 Å². The number of hydrogen-bond donors (Lipinski definition) is 1. The molecule has 0 spiro atoms. The highest BCUT2D eigenvalue weighted by Gasteiger charge is 2.21. The predicted octanol–water partition coefficient (Wildman–Crippen LogP) is 3.71.